The molecule has 0 saturated carbocycles. The maximum atomic E-state index is 13.4. The largest absolute Gasteiger partial charge is 0.444 e. The lowest BCUT2D eigenvalue weighted by Crippen LogP contribution is -2.38. The topological polar surface area (TPSA) is 55.4 Å². The molecule has 1 N–H and O–H groups in total. The number of nitrogens with one attached hydrogen (secondary N) is 1. The fraction of sp³-hybridized carbons (Fsp3) is 0.0667. The molecule has 4 aromatic carbocycles. The summed E-state index contributed by atoms with van der Waals surface area (Å²) in [6, 6.07) is 37.0. The molecule has 1 aliphatic rings. The van der Waals surface area contributed by atoms with Gasteiger partial charge >= 0.3 is 5.97 Å². The zero-order valence-corrected chi connectivity index (χ0v) is 18.4. The predicted octanol–water partition coefficient (Wildman–Crippen LogP) is 5.57. The van der Waals surface area contributed by atoms with Gasteiger partial charge in [0.2, 0.25) is 6.10 Å². The molecule has 4 nitrogen and oxygen atoms in total. The van der Waals surface area contributed by atoms with E-state index in [1.165, 1.54) is 6.08 Å². The zero-order chi connectivity index (χ0) is 23.3. The Kier molecular flexibility index (Phi) is 6.04. The van der Waals surface area contributed by atoms with Gasteiger partial charge in [-0.1, -0.05) is 115 Å². The highest BCUT2D eigenvalue weighted by Gasteiger charge is 2.35. The standard InChI is InChI=1S/C30H23NO3/c32-27-20-26(23-18-16-22(17-19-23)21-10-4-1-5-11-21)29(34-27)30(33)31-28(24-12-6-2-7-13-24)25-14-8-3-9-15-25/h1-20,28-29H,(H,31,33). The maximum absolute atomic E-state index is 13.4. The van der Waals surface area contributed by atoms with Crippen LogP contribution in [0.15, 0.2) is 121 Å². The summed E-state index contributed by atoms with van der Waals surface area (Å²) in [5.74, 6) is -0.875. The van der Waals surface area contributed by atoms with Crippen LogP contribution in [-0.2, 0) is 14.3 Å². The minimum absolute atomic E-state index is 0.359. The molecule has 0 bridgehead atoms. The van der Waals surface area contributed by atoms with Crippen molar-refractivity contribution in [2.45, 2.75) is 12.1 Å². The number of hydrogen-bond acceptors (Lipinski definition) is 3. The number of esters is 1. The summed E-state index contributed by atoms with van der Waals surface area (Å²) in [6.45, 7) is 0. The summed E-state index contributed by atoms with van der Waals surface area (Å²) < 4.78 is 5.43. The lowest BCUT2D eigenvalue weighted by atomic mass is 9.95. The van der Waals surface area contributed by atoms with Crippen molar-refractivity contribution in [3.8, 4) is 11.1 Å². The maximum Gasteiger partial charge on any atom is 0.332 e. The van der Waals surface area contributed by atoms with Gasteiger partial charge in [0, 0.05) is 11.6 Å². The molecule has 0 radical (unpaired) electrons. The van der Waals surface area contributed by atoms with E-state index in [-0.39, 0.29) is 11.9 Å². The molecule has 1 unspecified atom stereocenters. The van der Waals surface area contributed by atoms with Gasteiger partial charge in [-0.05, 0) is 27.8 Å². The molecular formula is C30H23NO3. The van der Waals surface area contributed by atoms with Crippen LogP contribution in [0.25, 0.3) is 16.7 Å². The van der Waals surface area contributed by atoms with Crippen LogP contribution >= 0.6 is 0 Å². The van der Waals surface area contributed by atoms with Crippen molar-refractivity contribution in [2.24, 2.45) is 0 Å². The van der Waals surface area contributed by atoms with E-state index in [9.17, 15) is 9.59 Å². The molecule has 0 fully saturated rings. The van der Waals surface area contributed by atoms with Crippen LogP contribution in [0.3, 0.4) is 0 Å². The van der Waals surface area contributed by atoms with E-state index in [0.717, 1.165) is 27.8 Å². The molecule has 0 spiro atoms. The van der Waals surface area contributed by atoms with Crippen LogP contribution in [0.5, 0.6) is 0 Å². The number of ether oxygens (including phenoxy) is 1. The number of rotatable bonds is 6. The van der Waals surface area contributed by atoms with Crippen molar-refractivity contribution in [1.29, 1.82) is 0 Å². The van der Waals surface area contributed by atoms with Gasteiger partial charge in [0.05, 0.1) is 6.04 Å². The summed E-state index contributed by atoms with van der Waals surface area (Å²) in [4.78, 5) is 25.6. The second kappa shape index (κ2) is 9.59. The van der Waals surface area contributed by atoms with Gasteiger partial charge in [0.15, 0.2) is 0 Å². The second-order valence-electron chi connectivity index (χ2n) is 8.12. The van der Waals surface area contributed by atoms with E-state index < -0.39 is 12.1 Å². The third kappa shape index (κ3) is 4.52. The van der Waals surface area contributed by atoms with E-state index >= 15 is 0 Å². The highest BCUT2D eigenvalue weighted by molar-refractivity contribution is 6.07. The Morgan fingerprint density at radius 1 is 0.647 bits per heavy atom. The molecule has 1 heterocycles. The van der Waals surface area contributed by atoms with E-state index in [2.05, 4.69) is 5.32 Å². The molecule has 0 saturated heterocycles. The SMILES string of the molecule is O=C1C=C(c2ccc(-c3ccccc3)cc2)C(C(=O)NC(c2ccccc2)c2ccccc2)O1. The van der Waals surface area contributed by atoms with Gasteiger partial charge in [-0.25, -0.2) is 4.79 Å². The van der Waals surface area contributed by atoms with Crippen molar-refractivity contribution in [1.82, 2.24) is 5.32 Å². The lowest BCUT2D eigenvalue weighted by molar-refractivity contribution is -0.146. The molecule has 4 aromatic rings. The normalized spacial score (nSPS) is 15.0. The van der Waals surface area contributed by atoms with Crippen molar-refractivity contribution in [3.05, 3.63) is 138 Å². The Bertz CT molecular complexity index is 1270. The Morgan fingerprint density at radius 3 is 1.68 bits per heavy atom. The number of amides is 1. The number of cyclic esters (lactones) is 1. The van der Waals surface area contributed by atoms with E-state index in [1.54, 1.807) is 0 Å². The Balaban J connectivity index is 1.40. The first-order valence-electron chi connectivity index (χ1n) is 11.2. The molecule has 0 aliphatic carbocycles. The molecule has 1 aliphatic heterocycles. The molecule has 1 amide bonds. The number of benzene rings is 4. The van der Waals surface area contributed by atoms with Crippen LogP contribution in [0.1, 0.15) is 22.7 Å². The summed E-state index contributed by atoms with van der Waals surface area (Å²) in [7, 11) is 0. The van der Waals surface area contributed by atoms with Crippen molar-refractivity contribution >= 4 is 17.4 Å². The van der Waals surface area contributed by atoms with E-state index in [1.807, 2.05) is 115 Å². The number of hydrogen-bond donors (Lipinski definition) is 1. The smallest absolute Gasteiger partial charge is 0.332 e. The van der Waals surface area contributed by atoms with Crippen molar-refractivity contribution in [3.63, 3.8) is 0 Å². The van der Waals surface area contributed by atoms with E-state index in [0.29, 0.717) is 5.57 Å². The average molecular weight is 446 g/mol. The summed E-state index contributed by atoms with van der Waals surface area (Å²) in [6.07, 6.45) is 0.395. The lowest BCUT2D eigenvalue weighted by Gasteiger charge is -2.23. The molecule has 34 heavy (non-hydrogen) atoms. The number of carbonyl (C=O) groups excluding carboxylic acids is 2. The van der Waals surface area contributed by atoms with Gasteiger partial charge in [-0.2, -0.15) is 0 Å². The Hall–Kier alpha value is -4.44. The van der Waals surface area contributed by atoms with Crippen LogP contribution in [0, 0.1) is 0 Å². The summed E-state index contributed by atoms with van der Waals surface area (Å²) in [5, 5.41) is 3.09. The third-order valence-electron chi connectivity index (χ3n) is 5.91. The Morgan fingerprint density at radius 2 is 1.12 bits per heavy atom. The molecule has 5 rings (SSSR count). The van der Waals surface area contributed by atoms with Gasteiger partial charge in [-0.3, -0.25) is 4.79 Å². The number of carbonyl (C=O) groups is 2. The van der Waals surface area contributed by atoms with E-state index in [4.69, 9.17) is 4.74 Å². The monoisotopic (exact) mass is 445 g/mol. The molecule has 1 atom stereocenters. The van der Waals surface area contributed by atoms with Crippen LogP contribution in [0.4, 0.5) is 0 Å². The van der Waals surface area contributed by atoms with Gasteiger partial charge < -0.3 is 10.1 Å². The van der Waals surface area contributed by atoms with Gasteiger partial charge in [0.1, 0.15) is 0 Å². The minimum Gasteiger partial charge on any atom is -0.444 e. The average Bonchev–Trinajstić information content (AvgIpc) is 3.30. The van der Waals surface area contributed by atoms with Crippen LogP contribution in [0.2, 0.25) is 0 Å². The quantitative estimate of drug-likeness (QED) is 0.395. The molecule has 4 heteroatoms. The molecule has 0 aromatic heterocycles. The highest BCUT2D eigenvalue weighted by atomic mass is 16.6. The summed E-state index contributed by atoms with van der Waals surface area (Å²) >= 11 is 0. The zero-order valence-electron chi connectivity index (χ0n) is 18.4. The van der Waals surface area contributed by atoms with Crippen molar-refractivity contribution in [2.75, 3.05) is 0 Å². The predicted molar refractivity (Wildman–Crippen MR) is 133 cm³/mol. The highest BCUT2D eigenvalue weighted by Crippen LogP contribution is 2.30. The first kappa shape index (κ1) is 21.4. The first-order chi connectivity index (χ1) is 16.7. The first-order valence-corrected chi connectivity index (χ1v) is 11.2. The Labute approximate surface area is 198 Å². The van der Waals surface area contributed by atoms with Gasteiger partial charge in [-0.15, -0.1) is 0 Å². The second-order valence-corrected chi connectivity index (χ2v) is 8.12. The minimum atomic E-state index is -1.01. The fourth-order valence-corrected chi connectivity index (χ4v) is 4.20. The molecular weight excluding hydrogens is 422 g/mol. The summed E-state index contributed by atoms with van der Waals surface area (Å²) in [5.41, 5.74) is 5.39. The fourth-order valence-electron chi connectivity index (χ4n) is 4.20. The third-order valence-corrected chi connectivity index (χ3v) is 5.91. The van der Waals surface area contributed by atoms with Crippen LogP contribution < -0.4 is 5.32 Å². The molecule has 166 valence electrons. The van der Waals surface area contributed by atoms with Crippen LogP contribution in [-0.4, -0.2) is 18.0 Å². The van der Waals surface area contributed by atoms with Gasteiger partial charge in [0.25, 0.3) is 5.91 Å². The van der Waals surface area contributed by atoms with Crippen molar-refractivity contribution < 1.29 is 14.3 Å².